The highest BCUT2D eigenvalue weighted by Crippen LogP contribution is 2.61. The second kappa shape index (κ2) is 15.5. The standard InChI is InChI=1S/C47H46FN5O6Si/c1-30-44(60(3,4)48)43(23-24-51-28-38(49-50-51)36(29-54)32-14-6-5-7-15-32)59-47(30)37-26-34(57-2)21-22-39(37)52(46(47)56)27-31-13-12-16-33(25-31)53-40-18-9-11-20-42(40)58-41-19-10-8-17-35(41)45(53)55/h5-22,25-26,28,30,36,43-44,54H,23-24,27,29H2,1-4H3/t30-,36?,43+,44-,47+/m1/s1. The summed E-state index contributed by atoms with van der Waals surface area (Å²) in [5.41, 5.74) is 3.28. The maximum Gasteiger partial charge on any atom is 0.266 e. The van der Waals surface area contributed by atoms with Gasteiger partial charge in [0.1, 0.15) is 11.5 Å². The number of hydrogen-bond donors (Lipinski definition) is 1. The van der Waals surface area contributed by atoms with Crippen molar-refractivity contribution in [2.24, 2.45) is 5.92 Å². The van der Waals surface area contributed by atoms with Crippen LogP contribution in [0.1, 0.15) is 52.0 Å². The number of halogens is 1. The van der Waals surface area contributed by atoms with Crippen molar-refractivity contribution in [3.05, 3.63) is 155 Å². The van der Waals surface area contributed by atoms with Crippen LogP contribution in [-0.4, -0.2) is 60.1 Å². The lowest BCUT2D eigenvalue weighted by atomic mass is 9.82. The number of aryl methyl sites for hydroxylation is 1. The number of aromatic nitrogens is 3. The number of nitrogens with zero attached hydrogens (tertiary/aromatic N) is 5. The van der Waals surface area contributed by atoms with Crippen LogP contribution < -0.4 is 19.3 Å². The van der Waals surface area contributed by atoms with Gasteiger partial charge in [-0.25, -0.2) is 0 Å². The van der Waals surface area contributed by atoms with Crippen molar-refractivity contribution in [1.82, 2.24) is 15.0 Å². The number of methoxy groups -OCH3 is 1. The molecule has 5 aromatic carbocycles. The average Bonchev–Trinajstić information content (AvgIpc) is 3.88. The van der Waals surface area contributed by atoms with Crippen LogP contribution in [0, 0.1) is 5.92 Å². The van der Waals surface area contributed by atoms with Crippen molar-refractivity contribution in [3.8, 4) is 17.2 Å². The maximum atomic E-state index is 16.7. The van der Waals surface area contributed by atoms with Crippen LogP contribution >= 0.6 is 0 Å². The lowest BCUT2D eigenvalue weighted by Crippen LogP contribution is -2.45. The number of amides is 2. The van der Waals surface area contributed by atoms with E-state index in [-0.39, 0.29) is 30.9 Å². The minimum Gasteiger partial charge on any atom is -0.497 e. The van der Waals surface area contributed by atoms with Gasteiger partial charge in [0.2, 0.25) is 8.41 Å². The number of para-hydroxylation sites is 3. The van der Waals surface area contributed by atoms with Gasteiger partial charge in [-0.2, -0.15) is 0 Å². The lowest BCUT2D eigenvalue weighted by molar-refractivity contribution is -0.146. The van der Waals surface area contributed by atoms with Gasteiger partial charge >= 0.3 is 0 Å². The Morgan fingerprint density at radius 3 is 2.42 bits per heavy atom. The van der Waals surface area contributed by atoms with Crippen LogP contribution in [-0.2, 0) is 28.2 Å². The number of carbonyl (C=O) groups is 2. The molecule has 3 aliphatic heterocycles. The molecule has 1 N–H and O–H groups in total. The molecule has 2 amide bonds. The van der Waals surface area contributed by atoms with Crippen molar-refractivity contribution in [2.75, 3.05) is 23.5 Å². The molecule has 1 fully saturated rings. The number of aliphatic hydroxyl groups excluding tert-OH is 1. The number of benzene rings is 5. The predicted molar refractivity (Wildman–Crippen MR) is 228 cm³/mol. The van der Waals surface area contributed by atoms with Crippen LogP contribution in [0.2, 0.25) is 18.6 Å². The normalized spacial score (nSPS) is 21.3. The molecule has 6 aromatic rings. The molecular formula is C47H46FN5O6Si. The lowest BCUT2D eigenvalue weighted by Gasteiger charge is -2.31. The number of hydrogen-bond acceptors (Lipinski definition) is 8. The molecular weight excluding hydrogens is 778 g/mol. The second-order valence-electron chi connectivity index (χ2n) is 16.3. The third-order valence-electron chi connectivity index (χ3n) is 12.3. The van der Waals surface area contributed by atoms with Crippen molar-refractivity contribution in [1.29, 1.82) is 0 Å². The van der Waals surface area contributed by atoms with E-state index in [2.05, 4.69) is 10.3 Å². The highest BCUT2D eigenvalue weighted by molar-refractivity contribution is 6.72. The molecule has 0 aliphatic carbocycles. The van der Waals surface area contributed by atoms with E-state index >= 15 is 8.90 Å². The Bertz CT molecular complexity index is 2580. The summed E-state index contributed by atoms with van der Waals surface area (Å²) in [7, 11) is -1.88. The van der Waals surface area contributed by atoms with Crippen molar-refractivity contribution < 1.29 is 33.0 Å². The molecule has 1 spiro atoms. The summed E-state index contributed by atoms with van der Waals surface area (Å²) < 4.78 is 37.3. The van der Waals surface area contributed by atoms with Crippen LogP contribution in [0.3, 0.4) is 0 Å². The summed E-state index contributed by atoms with van der Waals surface area (Å²) in [6, 6.07) is 37.4. The smallest absolute Gasteiger partial charge is 0.266 e. The minimum atomic E-state index is -3.46. The van der Waals surface area contributed by atoms with Crippen molar-refractivity contribution in [2.45, 2.75) is 62.7 Å². The summed E-state index contributed by atoms with van der Waals surface area (Å²) in [6.07, 6.45) is 1.60. The Balaban J connectivity index is 1.03. The first-order chi connectivity index (χ1) is 29.0. The molecule has 11 nitrogen and oxygen atoms in total. The SMILES string of the molecule is COc1ccc2c(c1)[C@]1(O[C@@H](CCn3cc(C(CO)c4ccccc4)nn3)[C@H]([Si](C)(C)F)[C@H]1C)C(=O)N2Cc1cccc(N2C(=O)c3ccccc3Oc3ccccc32)c1. The van der Waals surface area contributed by atoms with E-state index in [0.29, 0.717) is 64.1 Å². The molecule has 4 heterocycles. The predicted octanol–water partition coefficient (Wildman–Crippen LogP) is 8.91. The first-order valence-electron chi connectivity index (χ1n) is 20.2. The van der Waals surface area contributed by atoms with E-state index in [9.17, 15) is 9.90 Å². The Kier molecular flexibility index (Phi) is 10.1. The van der Waals surface area contributed by atoms with Gasteiger partial charge in [-0.3, -0.25) is 19.2 Å². The molecule has 3 aliphatic rings. The Morgan fingerprint density at radius 2 is 1.65 bits per heavy atom. The Labute approximate surface area is 349 Å². The summed E-state index contributed by atoms with van der Waals surface area (Å²) >= 11 is 0. The monoisotopic (exact) mass is 823 g/mol. The molecule has 0 bridgehead atoms. The first-order valence-corrected chi connectivity index (χ1v) is 23.2. The Hall–Kier alpha value is -6.15. The molecule has 9 rings (SSSR count). The zero-order chi connectivity index (χ0) is 41.8. The maximum absolute atomic E-state index is 16.7. The highest BCUT2D eigenvalue weighted by atomic mass is 28.4. The third kappa shape index (κ3) is 6.66. The molecule has 306 valence electrons. The summed E-state index contributed by atoms with van der Waals surface area (Å²) in [4.78, 5) is 32.8. The fourth-order valence-electron chi connectivity index (χ4n) is 9.52. The topological polar surface area (TPSA) is 119 Å². The molecule has 1 saturated heterocycles. The first kappa shape index (κ1) is 39.3. The van der Waals surface area contributed by atoms with Crippen molar-refractivity contribution >= 4 is 37.3 Å². The molecule has 1 unspecified atom stereocenters. The van der Waals surface area contributed by atoms with Gasteiger partial charge in [0.25, 0.3) is 11.8 Å². The van der Waals surface area contributed by atoms with E-state index in [0.717, 1.165) is 11.1 Å². The number of anilines is 3. The minimum absolute atomic E-state index is 0.127. The van der Waals surface area contributed by atoms with Crippen LogP contribution in [0.15, 0.2) is 128 Å². The van der Waals surface area contributed by atoms with Crippen LogP contribution in [0.25, 0.3) is 0 Å². The fourth-order valence-corrected chi connectivity index (χ4v) is 12.1. The number of rotatable bonds is 11. The number of fused-ring (bicyclic) bond motifs is 4. The zero-order valence-corrected chi connectivity index (χ0v) is 34.9. The van der Waals surface area contributed by atoms with Gasteiger partial charge in [-0.05, 0) is 85.2 Å². The molecule has 13 heteroatoms. The van der Waals surface area contributed by atoms with E-state index < -0.39 is 31.6 Å². The average molecular weight is 824 g/mol. The van der Waals surface area contributed by atoms with E-state index in [1.807, 2.05) is 122 Å². The van der Waals surface area contributed by atoms with Gasteiger partial charge in [-0.15, -0.1) is 5.10 Å². The summed E-state index contributed by atoms with van der Waals surface area (Å²) in [5.74, 6) is 0.211. The molecule has 5 atom stereocenters. The molecule has 0 radical (unpaired) electrons. The van der Waals surface area contributed by atoms with Gasteiger partial charge in [0.15, 0.2) is 11.4 Å². The number of ether oxygens (including phenoxy) is 3. The van der Waals surface area contributed by atoms with Crippen molar-refractivity contribution in [3.63, 3.8) is 0 Å². The summed E-state index contributed by atoms with van der Waals surface area (Å²) in [5, 5.41) is 19.0. The number of carbonyl (C=O) groups excluding carboxylic acids is 2. The van der Waals surface area contributed by atoms with E-state index in [1.54, 1.807) is 46.8 Å². The van der Waals surface area contributed by atoms with Crippen LogP contribution in [0.5, 0.6) is 17.2 Å². The molecule has 1 aromatic heterocycles. The van der Waals surface area contributed by atoms with Gasteiger partial charge in [0, 0.05) is 35.5 Å². The van der Waals surface area contributed by atoms with Gasteiger partial charge in [-0.1, -0.05) is 78.9 Å². The molecule has 60 heavy (non-hydrogen) atoms. The third-order valence-corrected chi connectivity index (χ3v) is 14.7. The quantitative estimate of drug-likeness (QED) is 0.102. The molecule has 0 saturated carbocycles. The zero-order valence-electron chi connectivity index (χ0n) is 33.9. The fraction of sp³-hybridized carbons (Fsp3) is 0.277. The second-order valence-corrected chi connectivity index (χ2v) is 20.1. The number of aliphatic hydroxyl groups is 1. The summed E-state index contributed by atoms with van der Waals surface area (Å²) in [6.45, 7) is 5.72. The van der Waals surface area contributed by atoms with Crippen LogP contribution in [0.4, 0.5) is 21.2 Å². The van der Waals surface area contributed by atoms with Gasteiger partial charge < -0.3 is 28.3 Å². The van der Waals surface area contributed by atoms with Gasteiger partial charge in [0.05, 0.1) is 54.9 Å². The van der Waals surface area contributed by atoms with E-state index in [4.69, 9.17) is 14.2 Å². The highest BCUT2D eigenvalue weighted by Gasteiger charge is 2.66. The van der Waals surface area contributed by atoms with E-state index in [1.165, 1.54) is 0 Å². The Morgan fingerprint density at radius 1 is 0.900 bits per heavy atom. The largest absolute Gasteiger partial charge is 0.497 e.